The molecule has 1 amide bonds. The number of pyridine rings is 1. The lowest BCUT2D eigenvalue weighted by molar-refractivity contribution is 0.102. The second-order valence-electron chi connectivity index (χ2n) is 5.64. The van der Waals surface area contributed by atoms with Crippen molar-refractivity contribution in [1.82, 2.24) is 9.97 Å². The number of carbonyl (C=O) groups is 1. The molecule has 0 unspecified atom stereocenters. The molecule has 134 valence electrons. The van der Waals surface area contributed by atoms with E-state index in [0.29, 0.717) is 27.3 Å². The number of amides is 1. The molecule has 0 saturated carbocycles. The van der Waals surface area contributed by atoms with Crippen LogP contribution in [0.4, 0.5) is 10.9 Å². The van der Waals surface area contributed by atoms with Crippen LogP contribution in [0, 0.1) is 0 Å². The predicted octanol–water partition coefficient (Wildman–Crippen LogP) is 4.19. The quantitative estimate of drug-likeness (QED) is 0.710. The Kier molecular flexibility index (Phi) is 5.39. The van der Waals surface area contributed by atoms with Crippen LogP contribution < -0.4 is 15.0 Å². The number of thiazole rings is 1. The predicted molar refractivity (Wildman–Crippen MR) is 106 cm³/mol. The maximum atomic E-state index is 12.4. The van der Waals surface area contributed by atoms with Crippen molar-refractivity contribution in [1.29, 1.82) is 0 Å². The molecule has 6 nitrogen and oxygen atoms in total. The van der Waals surface area contributed by atoms with E-state index >= 15 is 0 Å². The highest BCUT2D eigenvalue weighted by atomic mass is 35.5. The van der Waals surface area contributed by atoms with Crippen LogP contribution in [-0.4, -0.2) is 37.1 Å². The molecular weight excluding hydrogens is 372 g/mol. The Bertz CT molecular complexity index is 942. The number of benzene rings is 1. The van der Waals surface area contributed by atoms with Crippen molar-refractivity contribution in [3.8, 4) is 17.0 Å². The molecule has 0 fully saturated rings. The van der Waals surface area contributed by atoms with E-state index in [0.717, 1.165) is 11.3 Å². The van der Waals surface area contributed by atoms with Crippen LogP contribution in [0.25, 0.3) is 11.3 Å². The van der Waals surface area contributed by atoms with Crippen molar-refractivity contribution in [3.63, 3.8) is 0 Å². The summed E-state index contributed by atoms with van der Waals surface area (Å²) in [6, 6.07) is 8.84. The zero-order chi connectivity index (χ0) is 18.7. The third-order valence-corrected chi connectivity index (χ3v) is 4.69. The van der Waals surface area contributed by atoms with E-state index in [1.54, 1.807) is 37.6 Å². The van der Waals surface area contributed by atoms with Crippen molar-refractivity contribution >= 4 is 39.8 Å². The first-order valence-corrected chi connectivity index (χ1v) is 8.98. The van der Waals surface area contributed by atoms with Crippen LogP contribution in [0.15, 0.2) is 41.9 Å². The molecular formula is C18H17ClN4O2S. The van der Waals surface area contributed by atoms with E-state index in [9.17, 15) is 4.79 Å². The van der Waals surface area contributed by atoms with Crippen LogP contribution in [-0.2, 0) is 0 Å². The van der Waals surface area contributed by atoms with Gasteiger partial charge in [-0.2, -0.15) is 0 Å². The molecule has 0 atom stereocenters. The Morgan fingerprint density at radius 1 is 1.27 bits per heavy atom. The monoisotopic (exact) mass is 388 g/mol. The van der Waals surface area contributed by atoms with Gasteiger partial charge in [-0.05, 0) is 30.3 Å². The minimum atomic E-state index is -0.232. The van der Waals surface area contributed by atoms with Crippen LogP contribution in [0.2, 0.25) is 5.02 Å². The number of carbonyl (C=O) groups excluding carboxylic acids is 1. The average molecular weight is 389 g/mol. The molecule has 2 heterocycles. The second-order valence-corrected chi connectivity index (χ2v) is 6.90. The largest absolute Gasteiger partial charge is 0.495 e. The number of ether oxygens (including phenoxy) is 1. The van der Waals surface area contributed by atoms with Gasteiger partial charge in [0, 0.05) is 36.8 Å². The number of anilines is 2. The summed E-state index contributed by atoms with van der Waals surface area (Å²) >= 11 is 7.51. The molecule has 0 aliphatic heterocycles. The summed E-state index contributed by atoms with van der Waals surface area (Å²) < 4.78 is 5.15. The standard InChI is InChI=1S/C18H17ClN4O2S/c1-23(2)16-9-12(6-7-20-16)17(24)22-18-21-14(10-26-18)11-4-5-15(25-3)13(19)8-11/h4-10H,1-3H3,(H,21,22,24). The summed E-state index contributed by atoms with van der Waals surface area (Å²) in [6.45, 7) is 0. The first-order chi connectivity index (χ1) is 12.5. The van der Waals surface area contributed by atoms with Gasteiger partial charge in [0.2, 0.25) is 0 Å². The number of nitrogens with one attached hydrogen (secondary N) is 1. The van der Waals surface area contributed by atoms with Gasteiger partial charge in [-0.25, -0.2) is 9.97 Å². The second kappa shape index (κ2) is 7.72. The third kappa shape index (κ3) is 3.95. The molecule has 2 aromatic heterocycles. The minimum Gasteiger partial charge on any atom is -0.495 e. The summed E-state index contributed by atoms with van der Waals surface area (Å²) in [5.41, 5.74) is 2.11. The number of methoxy groups -OCH3 is 1. The van der Waals surface area contributed by atoms with Crippen LogP contribution in [0.5, 0.6) is 5.75 Å². The molecule has 3 rings (SSSR count). The molecule has 1 aromatic carbocycles. The van der Waals surface area contributed by atoms with E-state index in [1.165, 1.54) is 11.3 Å². The van der Waals surface area contributed by atoms with Crippen molar-refractivity contribution in [2.24, 2.45) is 0 Å². The van der Waals surface area contributed by atoms with Crippen LogP contribution in [0.3, 0.4) is 0 Å². The number of hydrogen-bond acceptors (Lipinski definition) is 6. The molecule has 1 N–H and O–H groups in total. The number of halogens is 1. The zero-order valence-corrected chi connectivity index (χ0v) is 16.1. The van der Waals surface area contributed by atoms with Crippen molar-refractivity contribution in [2.45, 2.75) is 0 Å². The number of rotatable bonds is 5. The number of nitrogens with zero attached hydrogens (tertiary/aromatic N) is 3. The van der Waals surface area contributed by atoms with Gasteiger partial charge in [-0.15, -0.1) is 11.3 Å². The maximum absolute atomic E-state index is 12.4. The van der Waals surface area contributed by atoms with Gasteiger partial charge in [0.25, 0.3) is 5.91 Å². The summed E-state index contributed by atoms with van der Waals surface area (Å²) in [7, 11) is 5.31. The summed E-state index contributed by atoms with van der Waals surface area (Å²) in [6.07, 6.45) is 1.61. The summed E-state index contributed by atoms with van der Waals surface area (Å²) in [4.78, 5) is 22.9. The van der Waals surface area contributed by atoms with Gasteiger partial charge in [0.15, 0.2) is 5.13 Å². The minimum absolute atomic E-state index is 0.232. The number of hydrogen-bond donors (Lipinski definition) is 1. The Morgan fingerprint density at radius 2 is 2.08 bits per heavy atom. The Hall–Kier alpha value is -2.64. The van der Waals surface area contributed by atoms with Gasteiger partial charge >= 0.3 is 0 Å². The van der Waals surface area contributed by atoms with E-state index in [-0.39, 0.29) is 5.91 Å². The Balaban J connectivity index is 1.77. The fraction of sp³-hybridized carbons (Fsp3) is 0.167. The first kappa shape index (κ1) is 18.2. The normalized spacial score (nSPS) is 10.5. The summed E-state index contributed by atoms with van der Waals surface area (Å²) in [5.74, 6) is 1.09. The van der Waals surface area contributed by atoms with E-state index in [4.69, 9.17) is 16.3 Å². The molecule has 3 aromatic rings. The van der Waals surface area contributed by atoms with Gasteiger partial charge in [-0.1, -0.05) is 11.6 Å². The van der Waals surface area contributed by atoms with E-state index in [1.807, 2.05) is 30.4 Å². The lowest BCUT2D eigenvalue weighted by Crippen LogP contribution is -2.15. The van der Waals surface area contributed by atoms with Gasteiger partial charge < -0.3 is 9.64 Å². The highest BCUT2D eigenvalue weighted by molar-refractivity contribution is 7.14. The summed E-state index contributed by atoms with van der Waals surface area (Å²) in [5, 5.41) is 5.71. The molecule has 8 heteroatoms. The van der Waals surface area contributed by atoms with E-state index < -0.39 is 0 Å². The van der Waals surface area contributed by atoms with Gasteiger partial charge in [0.05, 0.1) is 17.8 Å². The lowest BCUT2D eigenvalue weighted by Gasteiger charge is -2.11. The molecule has 26 heavy (non-hydrogen) atoms. The van der Waals surface area contributed by atoms with Gasteiger partial charge in [0.1, 0.15) is 11.6 Å². The van der Waals surface area contributed by atoms with Gasteiger partial charge in [-0.3, -0.25) is 10.1 Å². The number of aromatic nitrogens is 2. The molecule has 0 aliphatic rings. The highest BCUT2D eigenvalue weighted by Crippen LogP contribution is 2.31. The molecule has 0 saturated heterocycles. The van der Waals surface area contributed by atoms with Crippen LogP contribution in [0.1, 0.15) is 10.4 Å². The topological polar surface area (TPSA) is 67.3 Å². The zero-order valence-electron chi connectivity index (χ0n) is 14.5. The molecule has 0 bridgehead atoms. The Morgan fingerprint density at radius 3 is 2.77 bits per heavy atom. The maximum Gasteiger partial charge on any atom is 0.257 e. The lowest BCUT2D eigenvalue weighted by atomic mass is 10.2. The Labute approximate surface area is 160 Å². The van der Waals surface area contributed by atoms with Crippen molar-refractivity contribution in [3.05, 3.63) is 52.5 Å². The molecule has 0 aliphatic carbocycles. The van der Waals surface area contributed by atoms with Crippen molar-refractivity contribution < 1.29 is 9.53 Å². The molecule has 0 spiro atoms. The molecule has 0 radical (unpaired) electrons. The fourth-order valence-electron chi connectivity index (χ4n) is 2.26. The van der Waals surface area contributed by atoms with Crippen molar-refractivity contribution in [2.75, 3.05) is 31.4 Å². The first-order valence-electron chi connectivity index (χ1n) is 7.72. The SMILES string of the molecule is COc1ccc(-c2csc(NC(=O)c3ccnc(N(C)C)c3)n2)cc1Cl. The fourth-order valence-corrected chi connectivity index (χ4v) is 3.24. The van der Waals surface area contributed by atoms with Crippen LogP contribution >= 0.6 is 22.9 Å². The van der Waals surface area contributed by atoms with E-state index in [2.05, 4.69) is 15.3 Å². The highest BCUT2D eigenvalue weighted by Gasteiger charge is 2.12. The third-order valence-electron chi connectivity index (χ3n) is 3.64. The smallest absolute Gasteiger partial charge is 0.257 e. The average Bonchev–Trinajstić information content (AvgIpc) is 3.10.